The molecule has 1 unspecified atom stereocenters. The Morgan fingerprint density at radius 3 is 3.00 bits per heavy atom. The molecule has 1 saturated heterocycles. The molecule has 138 valence electrons. The van der Waals surface area contributed by atoms with E-state index in [0.717, 1.165) is 19.3 Å². The van der Waals surface area contributed by atoms with Gasteiger partial charge in [0.1, 0.15) is 17.2 Å². The van der Waals surface area contributed by atoms with Gasteiger partial charge in [-0.25, -0.2) is 9.97 Å². The molecule has 26 heavy (non-hydrogen) atoms. The van der Waals surface area contributed by atoms with Crippen molar-refractivity contribution in [2.45, 2.75) is 31.8 Å². The van der Waals surface area contributed by atoms with Gasteiger partial charge in [-0.15, -0.1) is 0 Å². The Hall–Kier alpha value is -2.74. The van der Waals surface area contributed by atoms with Gasteiger partial charge in [-0.1, -0.05) is 0 Å². The number of pyridine rings is 1. The van der Waals surface area contributed by atoms with Crippen molar-refractivity contribution in [2.75, 3.05) is 25.9 Å². The summed E-state index contributed by atoms with van der Waals surface area (Å²) in [5, 5.41) is 0. The van der Waals surface area contributed by atoms with Crippen molar-refractivity contribution in [3.8, 4) is 0 Å². The number of nitrogens with one attached hydrogen (secondary N) is 1. The minimum Gasteiger partial charge on any atom is -0.384 e. The third-order valence-corrected chi connectivity index (χ3v) is 4.77. The van der Waals surface area contributed by atoms with E-state index < -0.39 is 0 Å². The lowest BCUT2D eigenvalue weighted by atomic mass is 10.1. The standard InChI is InChI=1S/C18H24N6O2/c1-23(12-16-20-9-6-15(19)22-16)13-4-3-10-24(11-7-13)18(26)14-5-2-8-21-17(14)25/h2,5-6,8-9,13H,3-4,7,10-12H2,1H3,(H,21,25)(H2,19,20,22). The molecule has 2 aromatic heterocycles. The van der Waals surface area contributed by atoms with Crippen molar-refractivity contribution in [1.82, 2.24) is 24.8 Å². The third kappa shape index (κ3) is 4.26. The Bertz CT molecular complexity index is 821. The van der Waals surface area contributed by atoms with E-state index in [4.69, 9.17) is 5.73 Å². The normalized spacial score (nSPS) is 17.9. The van der Waals surface area contributed by atoms with E-state index in [1.807, 2.05) is 7.05 Å². The number of aromatic amines is 1. The quantitative estimate of drug-likeness (QED) is 0.842. The number of nitrogens with two attached hydrogens (primary N) is 1. The molecule has 8 nitrogen and oxygen atoms in total. The molecule has 1 atom stereocenters. The van der Waals surface area contributed by atoms with Crippen LogP contribution >= 0.6 is 0 Å². The zero-order valence-corrected chi connectivity index (χ0v) is 14.9. The number of nitrogens with zero attached hydrogens (tertiary/aromatic N) is 4. The predicted octanol–water partition coefficient (Wildman–Crippen LogP) is 0.874. The van der Waals surface area contributed by atoms with Gasteiger partial charge >= 0.3 is 0 Å². The van der Waals surface area contributed by atoms with Gasteiger partial charge in [-0.05, 0) is 44.5 Å². The van der Waals surface area contributed by atoms with E-state index >= 15 is 0 Å². The number of amides is 1. The number of carbonyl (C=O) groups is 1. The van der Waals surface area contributed by atoms with Crippen molar-refractivity contribution in [2.24, 2.45) is 0 Å². The van der Waals surface area contributed by atoms with Gasteiger partial charge in [-0.2, -0.15) is 0 Å². The first-order valence-corrected chi connectivity index (χ1v) is 8.79. The summed E-state index contributed by atoms with van der Waals surface area (Å²) in [5.74, 6) is 0.962. The van der Waals surface area contributed by atoms with Crippen LogP contribution in [0, 0.1) is 0 Å². The molecule has 3 N–H and O–H groups in total. The van der Waals surface area contributed by atoms with E-state index in [-0.39, 0.29) is 17.0 Å². The predicted molar refractivity (Wildman–Crippen MR) is 98.5 cm³/mol. The summed E-state index contributed by atoms with van der Waals surface area (Å²) in [6.45, 7) is 1.90. The van der Waals surface area contributed by atoms with Crippen molar-refractivity contribution in [3.05, 3.63) is 52.3 Å². The molecule has 1 fully saturated rings. The Labute approximate surface area is 152 Å². The number of H-pyrrole nitrogens is 1. The molecule has 3 heterocycles. The maximum absolute atomic E-state index is 12.6. The molecule has 3 rings (SSSR count). The highest BCUT2D eigenvalue weighted by Crippen LogP contribution is 2.18. The number of hydrogen-bond acceptors (Lipinski definition) is 6. The van der Waals surface area contributed by atoms with Crippen LogP contribution in [-0.2, 0) is 6.54 Å². The zero-order chi connectivity index (χ0) is 18.5. The lowest BCUT2D eigenvalue weighted by Gasteiger charge is -2.26. The molecular weight excluding hydrogens is 332 g/mol. The minimum atomic E-state index is -0.339. The summed E-state index contributed by atoms with van der Waals surface area (Å²) in [5.41, 5.74) is 5.58. The second kappa shape index (κ2) is 8.09. The van der Waals surface area contributed by atoms with Crippen molar-refractivity contribution in [1.29, 1.82) is 0 Å². The number of carbonyl (C=O) groups excluding carboxylic acids is 1. The van der Waals surface area contributed by atoms with E-state index in [1.54, 1.807) is 29.3 Å². The van der Waals surface area contributed by atoms with Gasteiger partial charge in [0.2, 0.25) is 0 Å². The summed E-state index contributed by atoms with van der Waals surface area (Å²) < 4.78 is 0. The molecule has 8 heteroatoms. The smallest absolute Gasteiger partial charge is 0.260 e. The van der Waals surface area contributed by atoms with Gasteiger partial charge in [0.05, 0.1) is 6.54 Å². The van der Waals surface area contributed by atoms with Crippen LogP contribution in [0.4, 0.5) is 5.82 Å². The summed E-state index contributed by atoms with van der Waals surface area (Å²) >= 11 is 0. The average molecular weight is 356 g/mol. The molecule has 2 aromatic rings. The van der Waals surface area contributed by atoms with Gasteiger partial charge in [0.25, 0.3) is 11.5 Å². The van der Waals surface area contributed by atoms with Crippen molar-refractivity contribution >= 4 is 11.7 Å². The van der Waals surface area contributed by atoms with E-state index in [2.05, 4.69) is 19.9 Å². The molecule has 1 aliphatic heterocycles. The molecule has 0 bridgehead atoms. The fourth-order valence-corrected chi connectivity index (χ4v) is 3.33. The zero-order valence-electron chi connectivity index (χ0n) is 14.9. The SMILES string of the molecule is CN(Cc1nccc(N)n1)C1CCCN(C(=O)c2ccc[nH]c2=O)CC1. The second-order valence-corrected chi connectivity index (χ2v) is 6.60. The molecule has 1 aliphatic rings. The summed E-state index contributed by atoms with van der Waals surface area (Å²) in [6.07, 6.45) is 5.91. The van der Waals surface area contributed by atoms with Crippen LogP contribution in [0.3, 0.4) is 0 Å². The summed E-state index contributed by atoms with van der Waals surface area (Å²) in [6, 6.07) is 5.25. The third-order valence-electron chi connectivity index (χ3n) is 4.77. The summed E-state index contributed by atoms with van der Waals surface area (Å²) in [4.78, 5) is 39.5. The fourth-order valence-electron chi connectivity index (χ4n) is 3.33. The fraction of sp³-hybridized carbons (Fsp3) is 0.444. The van der Waals surface area contributed by atoms with Gasteiger partial charge in [0, 0.05) is 31.5 Å². The van der Waals surface area contributed by atoms with Crippen LogP contribution in [0.25, 0.3) is 0 Å². The maximum atomic E-state index is 12.6. The lowest BCUT2D eigenvalue weighted by molar-refractivity contribution is 0.0755. The second-order valence-electron chi connectivity index (χ2n) is 6.60. The van der Waals surface area contributed by atoms with Crippen molar-refractivity contribution < 1.29 is 4.79 Å². The highest BCUT2D eigenvalue weighted by molar-refractivity contribution is 5.93. The average Bonchev–Trinajstić information content (AvgIpc) is 2.88. The first-order valence-electron chi connectivity index (χ1n) is 8.79. The molecule has 0 aliphatic carbocycles. The largest absolute Gasteiger partial charge is 0.384 e. The molecule has 0 aromatic carbocycles. The first-order chi connectivity index (χ1) is 12.5. The van der Waals surface area contributed by atoms with E-state index in [9.17, 15) is 9.59 Å². The Morgan fingerprint density at radius 1 is 1.38 bits per heavy atom. The molecule has 1 amide bonds. The Balaban J connectivity index is 1.62. The number of rotatable bonds is 4. The van der Waals surface area contributed by atoms with Gasteiger partial charge in [0.15, 0.2) is 0 Å². The van der Waals surface area contributed by atoms with Crippen molar-refractivity contribution in [3.63, 3.8) is 0 Å². The van der Waals surface area contributed by atoms with Crippen LogP contribution in [0.5, 0.6) is 0 Å². The number of anilines is 1. The highest BCUT2D eigenvalue weighted by atomic mass is 16.2. The topological polar surface area (TPSA) is 108 Å². The van der Waals surface area contributed by atoms with Crippen LogP contribution in [0.15, 0.2) is 35.4 Å². The number of hydrogen-bond donors (Lipinski definition) is 2. The number of aromatic nitrogens is 3. The Kier molecular flexibility index (Phi) is 5.62. The number of likely N-dealkylation sites (tertiary alicyclic amines) is 1. The van der Waals surface area contributed by atoms with Gasteiger partial charge < -0.3 is 15.6 Å². The first kappa shape index (κ1) is 18.1. The van der Waals surface area contributed by atoms with Crippen LogP contribution in [-0.4, -0.2) is 56.8 Å². The van der Waals surface area contributed by atoms with Gasteiger partial charge in [-0.3, -0.25) is 14.5 Å². The van der Waals surface area contributed by atoms with Crippen LogP contribution in [0.2, 0.25) is 0 Å². The summed E-state index contributed by atoms with van der Waals surface area (Å²) in [7, 11) is 2.04. The molecule has 0 saturated carbocycles. The molecule has 0 spiro atoms. The highest BCUT2D eigenvalue weighted by Gasteiger charge is 2.25. The molecule has 0 radical (unpaired) electrons. The lowest BCUT2D eigenvalue weighted by Crippen LogP contribution is -2.37. The monoisotopic (exact) mass is 356 g/mol. The number of nitrogen functional groups attached to an aromatic ring is 1. The van der Waals surface area contributed by atoms with E-state index in [1.165, 1.54) is 6.20 Å². The van der Waals surface area contributed by atoms with E-state index in [0.29, 0.717) is 37.3 Å². The Morgan fingerprint density at radius 2 is 2.23 bits per heavy atom. The maximum Gasteiger partial charge on any atom is 0.260 e. The van der Waals surface area contributed by atoms with Crippen LogP contribution in [0.1, 0.15) is 35.4 Å². The minimum absolute atomic E-state index is 0.200. The van der Waals surface area contributed by atoms with Crippen LogP contribution < -0.4 is 11.3 Å². The molecular formula is C18H24N6O2.